The monoisotopic (exact) mass is 248 g/mol. The highest BCUT2D eigenvalue weighted by Gasteiger charge is 2.33. The molecule has 1 aliphatic carbocycles. The molecule has 2 rings (SSSR count). The molecular formula is C15H24N2O. The molecule has 0 saturated carbocycles. The van der Waals surface area contributed by atoms with Gasteiger partial charge in [0.2, 0.25) is 5.91 Å². The van der Waals surface area contributed by atoms with Crippen molar-refractivity contribution in [1.29, 1.82) is 0 Å². The van der Waals surface area contributed by atoms with Crippen LogP contribution in [-0.4, -0.2) is 47.4 Å². The lowest BCUT2D eigenvalue weighted by Gasteiger charge is -2.45. The molecular weight excluding hydrogens is 224 g/mol. The third-order valence-corrected chi connectivity index (χ3v) is 4.11. The van der Waals surface area contributed by atoms with Crippen LogP contribution in [-0.2, 0) is 4.79 Å². The van der Waals surface area contributed by atoms with Crippen molar-refractivity contribution in [2.24, 2.45) is 0 Å². The van der Waals surface area contributed by atoms with Crippen LogP contribution in [0.3, 0.4) is 0 Å². The fourth-order valence-corrected chi connectivity index (χ4v) is 2.99. The van der Waals surface area contributed by atoms with Gasteiger partial charge >= 0.3 is 0 Å². The zero-order valence-electron chi connectivity index (χ0n) is 11.8. The van der Waals surface area contributed by atoms with Crippen LogP contribution in [0.4, 0.5) is 0 Å². The Balaban J connectivity index is 1.98. The van der Waals surface area contributed by atoms with Gasteiger partial charge in [0, 0.05) is 38.1 Å². The molecule has 1 saturated heterocycles. The van der Waals surface area contributed by atoms with Crippen LogP contribution >= 0.6 is 0 Å². The first-order chi connectivity index (χ1) is 8.55. The van der Waals surface area contributed by atoms with Gasteiger partial charge in [-0.3, -0.25) is 9.69 Å². The maximum atomic E-state index is 11.7. The van der Waals surface area contributed by atoms with Crippen molar-refractivity contribution >= 4 is 5.91 Å². The van der Waals surface area contributed by atoms with Crippen molar-refractivity contribution in [3.8, 4) is 0 Å². The van der Waals surface area contributed by atoms with E-state index in [0.29, 0.717) is 6.42 Å². The molecule has 0 aromatic rings. The number of rotatable bonds is 2. The number of hydrogen-bond donors (Lipinski definition) is 0. The van der Waals surface area contributed by atoms with E-state index in [0.717, 1.165) is 32.6 Å². The van der Waals surface area contributed by atoms with Gasteiger partial charge in [-0.25, -0.2) is 0 Å². The van der Waals surface area contributed by atoms with Crippen LogP contribution in [0.15, 0.2) is 23.8 Å². The van der Waals surface area contributed by atoms with Crippen molar-refractivity contribution < 1.29 is 4.79 Å². The lowest BCUT2D eigenvalue weighted by molar-refractivity contribution is -0.133. The van der Waals surface area contributed by atoms with Crippen molar-refractivity contribution in [3.05, 3.63) is 23.8 Å². The molecule has 1 atom stereocenters. The predicted octanol–water partition coefficient (Wildman–Crippen LogP) is 2.21. The van der Waals surface area contributed by atoms with Crippen LogP contribution in [0.2, 0.25) is 0 Å². The van der Waals surface area contributed by atoms with E-state index in [1.165, 1.54) is 5.57 Å². The second-order valence-corrected chi connectivity index (χ2v) is 5.57. The van der Waals surface area contributed by atoms with Crippen LogP contribution in [0, 0.1) is 0 Å². The molecule has 0 aromatic heterocycles. The highest BCUT2D eigenvalue weighted by atomic mass is 16.2. The number of carbonyl (C=O) groups is 1. The maximum Gasteiger partial charge on any atom is 0.222 e. The van der Waals surface area contributed by atoms with Crippen LogP contribution in [0.25, 0.3) is 0 Å². The average molecular weight is 248 g/mol. The van der Waals surface area contributed by atoms with E-state index < -0.39 is 0 Å². The third-order valence-electron chi connectivity index (χ3n) is 4.11. The van der Waals surface area contributed by atoms with Crippen LogP contribution in [0.1, 0.15) is 33.6 Å². The largest absolute Gasteiger partial charge is 0.340 e. The number of amides is 1. The second kappa shape index (κ2) is 5.27. The minimum Gasteiger partial charge on any atom is -0.340 e. The zero-order chi connectivity index (χ0) is 13.2. The first kappa shape index (κ1) is 13.3. The molecule has 18 heavy (non-hydrogen) atoms. The van der Waals surface area contributed by atoms with E-state index in [1.54, 1.807) is 0 Å². The quantitative estimate of drug-likeness (QED) is 0.748. The molecule has 3 nitrogen and oxygen atoms in total. The summed E-state index contributed by atoms with van der Waals surface area (Å²) >= 11 is 0. The molecule has 1 unspecified atom stereocenters. The SMILES string of the molecule is CCC(=O)N1CCN(C2(C)C=C(C)C=CC2)CC1. The summed E-state index contributed by atoms with van der Waals surface area (Å²) in [5.41, 5.74) is 1.48. The second-order valence-electron chi connectivity index (χ2n) is 5.57. The Labute approximate surface area is 110 Å². The maximum absolute atomic E-state index is 11.7. The predicted molar refractivity (Wildman–Crippen MR) is 74.4 cm³/mol. The van der Waals surface area contributed by atoms with Gasteiger partial charge in [0.15, 0.2) is 0 Å². The molecule has 1 heterocycles. The number of allylic oxidation sites excluding steroid dienone is 2. The van der Waals surface area contributed by atoms with Gasteiger partial charge in [0.1, 0.15) is 0 Å². The number of hydrogen-bond acceptors (Lipinski definition) is 2. The van der Waals surface area contributed by atoms with Gasteiger partial charge < -0.3 is 4.90 Å². The standard InChI is InChI=1S/C15H24N2O/c1-4-14(18)16-8-10-17(11-9-16)15(3)7-5-6-13(2)12-15/h5-6,12H,4,7-11H2,1-3H3. The van der Waals surface area contributed by atoms with E-state index in [2.05, 4.69) is 37.0 Å². The highest BCUT2D eigenvalue weighted by Crippen LogP contribution is 2.28. The molecule has 100 valence electrons. The van der Waals surface area contributed by atoms with Gasteiger partial charge in [0.25, 0.3) is 0 Å². The summed E-state index contributed by atoms with van der Waals surface area (Å²) in [6.45, 7) is 10.1. The molecule has 2 aliphatic rings. The third kappa shape index (κ3) is 2.66. The fourth-order valence-electron chi connectivity index (χ4n) is 2.99. The molecule has 0 bridgehead atoms. The summed E-state index contributed by atoms with van der Waals surface area (Å²) in [6, 6.07) is 0. The Hall–Kier alpha value is -1.09. The van der Waals surface area contributed by atoms with E-state index in [4.69, 9.17) is 0 Å². The Bertz CT molecular complexity index is 378. The summed E-state index contributed by atoms with van der Waals surface area (Å²) in [4.78, 5) is 16.2. The molecule has 0 radical (unpaired) electrons. The highest BCUT2D eigenvalue weighted by molar-refractivity contribution is 5.75. The first-order valence-corrected chi connectivity index (χ1v) is 6.94. The first-order valence-electron chi connectivity index (χ1n) is 6.94. The lowest BCUT2D eigenvalue weighted by Crippen LogP contribution is -2.56. The Morgan fingerprint density at radius 1 is 1.33 bits per heavy atom. The van der Waals surface area contributed by atoms with Crippen LogP contribution in [0.5, 0.6) is 0 Å². The fraction of sp³-hybridized carbons (Fsp3) is 0.667. The molecule has 1 fully saturated rings. The summed E-state index contributed by atoms with van der Waals surface area (Å²) in [5, 5.41) is 0. The molecule has 0 N–H and O–H groups in total. The van der Waals surface area contributed by atoms with Gasteiger partial charge in [-0.15, -0.1) is 0 Å². The molecule has 0 spiro atoms. The smallest absolute Gasteiger partial charge is 0.222 e. The van der Waals surface area contributed by atoms with E-state index in [1.807, 2.05) is 11.8 Å². The van der Waals surface area contributed by atoms with Crippen molar-refractivity contribution in [3.63, 3.8) is 0 Å². The van der Waals surface area contributed by atoms with Gasteiger partial charge in [-0.05, 0) is 20.3 Å². The molecule has 0 aromatic carbocycles. The van der Waals surface area contributed by atoms with Gasteiger partial charge in [-0.2, -0.15) is 0 Å². The number of nitrogens with zero attached hydrogens (tertiary/aromatic N) is 2. The summed E-state index contributed by atoms with van der Waals surface area (Å²) in [7, 11) is 0. The lowest BCUT2D eigenvalue weighted by atomic mass is 9.88. The van der Waals surface area contributed by atoms with Gasteiger partial charge in [0.05, 0.1) is 0 Å². The molecule has 1 aliphatic heterocycles. The summed E-state index contributed by atoms with van der Waals surface area (Å²) in [6.07, 6.45) is 8.52. The number of piperazine rings is 1. The normalized spacial score (nSPS) is 29.3. The average Bonchev–Trinajstić information content (AvgIpc) is 2.38. The number of carbonyl (C=O) groups excluding carboxylic acids is 1. The zero-order valence-corrected chi connectivity index (χ0v) is 11.8. The molecule has 3 heteroatoms. The topological polar surface area (TPSA) is 23.6 Å². The Kier molecular flexibility index (Phi) is 3.91. The Morgan fingerprint density at radius 3 is 2.56 bits per heavy atom. The summed E-state index contributed by atoms with van der Waals surface area (Å²) < 4.78 is 0. The van der Waals surface area contributed by atoms with Crippen molar-refractivity contribution in [2.45, 2.75) is 39.2 Å². The minimum absolute atomic E-state index is 0.139. The van der Waals surface area contributed by atoms with Gasteiger partial charge in [-0.1, -0.05) is 30.7 Å². The van der Waals surface area contributed by atoms with Crippen molar-refractivity contribution in [1.82, 2.24) is 9.80 Å². The Morgan fingerprint density at radius 2 is 2.00 bits per heavy atom. The van der Waals surface area contributed by atoms with Crippen molar-refractivity contribution in [2.75, 3.05) is 26.2 Å². The van der Waals surface area contributed by atoms with E-state index >= 15 is 0 Å². The minimum atomic E-state index is 0.139. The molecule has 1 amide bonds. The van der Waals surface area contributed by atoms with E-state index in [9.17, 15) is 4.79 Å². The summed E-state index contributed by atoms with van der Waals surface area (Å²) in [5.74, 6) is 0.287. The van der Waals surface area contributed by atoms with E-state index in [-0.39, 0.29) is 11.4 Å². The van der Waals surface area contributed by atoms with Crippen LogP contribution < -0.4 is 0 Å².